The molecule has 0 radical (unpaired) electrons. The molecule has 2 unspecified atom stereocenters. The Morgan fingerprint density at radius 1 is 1.09 bits per heavy atom. The zero-order chi connectivity index (χ0) is 24.3. The first-order valence-electron chi connectivity index (χ1n) is 13.2. The molecule has 8 heteroatoms. The summed E-state index contributed by atoms with van der Waals surface area (Å²) in [7, 11) is -3.54. The first-order valence-corrected chi connectivity index (χ1v) is 14.6. The third kappa shape index (κ3) is 4.89. The summed E-state index contributed by atoms with van der Waals surface area (Å²) in [5, 5.41) is 0. The van der Waals surface area contributed by atoms with E-state index in [-0.39, 0.29) is 10.8 Å². The van der Waals surface area contributed by atoms with Crippen LogP contribution in [0.2, 0.25) is 0 Å². The van der Waals surface area contributed by atoms with Gasteiger partial charge in [0.1, 0.15) is 5.82 Å². The van der Waals surface area contributed by atoms with Crippen LogP contribution in [-0.4, -0.2) is 58.8 Å². The van der Waals surface area contributed by atoms with Crippen molar-refractivity contribution < 1.29 is 13.2 Å². The fourth-order valence-electron chi connectivity index (χ4n) is 5.99. The Kier molecular flexibility index (Phi) is 7.97. The molecule has 2 heterocycles. The third-order valence-corrected chi connectivity index (χ3v) is 9.76. The van der Waals surface area contributed by atoms with Crippen molar-refractivity contribution in [3.05, 3.63) is 24.0 Å². The smallest absolute Gasteiger partial charge is 0.243 e. The number of aryl methyl sites for hydroxylation is 2. The maximum atomic E-state index is 13.2. The Morgan fingerprint density at radius 2 is 1.82 bits per heavy atom. The maximum Gasteiger partial charge on any atom is 0.243 e. The van der Waals surface area contributed by atoms with Crippen molar-refractivity contribution >= 4 is 27.0 Å². The van der Waals surface area contributed by atoms with E-state index in [9.17, 15) is 13.2 Å². The molecule has 1 aliphatic heterocycles. The Bertz CT molecular complexity index is 1100. The van der Waals surface area contributed by atoms with E-state index in [1.54, 1.807) is 12.1 Å². The van der Waals surface area contributed by atoms with Gasteiger partial charge in [0.05, 0.1) is 15.9 Å². The number of carbonyl (C=O) groups excluding carboxylic acids is 1. The standard InChI is InChI=1S/C26H40N4O3S/c1-4-17-29-24-14-13-21(34(32,33)28(5-2)6-3)19-22(24)27-25(29)15-16-26(31)30-18-9-11-20-10-7-8-12-23(20)30/h13-14,19-20,23H,4-12,15-18H2,1-3H3. The number of sulfonamides is 1. The molecule has 7 nitrogen and oxygen atoms in total. The van der Waals surface area contributed by atoms with Gasteiger partial charge in [-0.1, -0.05) is 33.6 Å². The molecule has 1 amide bonds. The Hall–Kier alpha value is -1.93. The number of benzene rings is 1. The molecule has 1 aromatic carbocycles. The van der Waals surface area contributed by atoms with E-state index in [0.717, 1.165) is 43.7 Å². The van der Waals surface area contributed by atoms with Crippen molar-refractivity contribution in [2.45, 2.75) is 96.0 Å². The van der Waals surface area contributed by atoms with Crippen LogP contribution in [0.15, 0.2) is 23.1 Å². The van der Waals surface area contributed by atoms with E-state index in [1.165, 1.54) is 30.0 Å². The number of carbonyl (C=O) groups is 1. The van der Waals surface area contributed by atoms with Crippen molar-refractivity contribution in [3.63, 3.8) is 0 Å². The lowest BCUT2D eigenvalue weighted by molar-refractivity contribution is -0.137. The minimum absolute atomic E-state index is 0.247. The van der Waals surface area contributed by atoms with Gasteiger partial charge in [-0.15, -0.1) is 0 Å². The van der Waals surface area contributed by atoms with Gasteiger partial charge in [-0.3, -0.25) is 4.79 Å². The molecule has 1 saturated carbocycles. The molecule has 1 aliphatic carbocycles. The predicted octanol–water partition coefficient (Wildman–Crippen LogP) is 4.59. The number of rotatable bonds is 9. The molecule has 2 aromatic rings. The van der Waals surface area contributed by atoms with Crippen molar-refractivity contribution in [1.82, 2.24) is 18.8 Å². The number of aromatic nitrogens is 2. The van der Waals surface area contributed by atoms with Crippen LogP contribution < -0.4 is 0 Å². The minimum atomic E-state index is -3.54. The predicted molar refractivity (Wildman–Crippen MR) is 135 cm³/mol. The van der Waals surface area contributed by atoms with E-state index in [4.69, 9.17) is 4.98 Å². The van der Waals surface area contributed by atoms with E-state index in [0.29, 0.717) is 43.4 Å². The summed E-state index contributed by atoms with van der Waals surface area (Å²) >= 11 is 0. The number of amides is 1. The number of fused-ring (bicyclic) bond motifs is 2. The van der Waals surface area contributed by atoms with Gasteiger partial charge in [-0.25, -0.2) is 13.4 Å². The van der Waals surface area contributed by atoms with Gasteiger partial charge in [-0.05, 0) is 56.2 Å². The summed E-state index contributed by atoms with van der Waals surface area (Å²) in [5.41, 5.74) is 1.63. The monoisotopic (exact) mass is 488 g/mol. The Balaban J connectivity index is 1.55. The molecule has 1 saturated heterocycles. The van der Waals surface area contributed by atoms with Crippen LogP contribution >= 0.6 is 0 Å². The summed E-state index contributed by atoms with van der Waals surface area (Å²) in [6, 6.07) is 5.68. The lowest BCUT2D eigenvalue weighted by atomic mass is 9.78. The highest BCUT2D eigenvalue weighted by molar-refractivity contribution is 7.89. The third-order valence-electron chi connectivity index (χ3n) is 7.72. The van der Waals surface area contributed by atoms with Crippen LogP contribution in [0.1, 0.15) is 78.0 Å². The Morgan fingerprint density at radius 3 is 2.56 bits per heavy atom. The van der Waals surface area contributed by atoms with Crippen molar-refractivity contribution in [3.8, 4) is 0 Å². The number of hydrogen-bond donors (Lipinski definition) is 0. The molecule has 1 aromatic heterocycles. The first kappa shape index (κ1) is 25.2. The highest BCUT2D eigenvalue weighted by atomic mass is 32.2. The summed E-state index contributed by atoms with van der Waals surface area (Å²) in [6.07, 6.45) is 9.31. The van der Waals surface area contributed by atoms with E-state index < -0.39 is 10.0 Å². The highest BCUT2D eigenvalue weighted by Crippen LogP contribution is 2.35. The summed E-state index contributed by atoms with van der Waals surface area (Å²) < 4.78 is 29.6. The highest BCUT2D eigenvalue weighted by Gasteiger charge is 2.35. The average Bonchev–Trinajstić information content (AvgIpc) is 3.19. The SMILES string of the molecule is CCCn1c(CCC(=O)N2CCCC3CCCCC32)nc2cc(S(=O)(=O)N(CC)CC)ccc21. The number of nitrogens with zero attached hydrogens (tertiary/aromatic N) is 4. The minimum Gasteiger partial charge on any atom is -0.339 e. The van der Waals surface area contributed by atoms with E-state index >= 15 is 0 Å². The maximum absolute atomic E-state index is 13.2. The van der Waals surface area contributed by atoms with Crippen LogP contribution in [0.25, 0.3) is 11.0 Å². The number of likely N-dealkylation sites (tertiary alicyclic amines) is 1. The summed E-state index contributed by atoms with van der Waals surface area (Å²) in [4.78, 5) is 20.5. The van der Waals surface area contributed by atoms with Crippen LogP contribution in [0.5, 0.6) is 0 Å². The van der Waals surface area contributed by atoms with Crippen LogP contribution in [0.3, 0.4) is 0 Å². The second-order valence-corrected chi connectivity index (χ2v) is 11.7. The Labute approximate surface area is 204 Å². The van der Waals surface area contributed by atoms with Gasteiger partial charge in [-0.2, -0.15) is 4.31 Å². The molecule has 0 bridgehead atoms. The molecule has 2 atom stereocenters. The van der Waals surface area contributed by atoms with Gasteiger partial charge >= 0.3 is 0 Å². The number of piperidine rings is 1. The quantitative estimate of drug-likeness (QED) is 0.517. The second-order valence-electron chi connectivity index (χ2n) is 9.76. The number of imidazole rings is 1. The average molecular weight is 489 g/mol. The first-order chi connectivity index (χ1) is 16.4. The molecule has 188 valence electrons. The fourth-order valence-corrected chi connectivity index (χ4v) is 7.47. The lowest BCUT2D eigenvalue weighted by Gasteiger charge is -2.44. The van der Waals surface area contributed by atoms with Gasteiger partial charge in [0.2, 0.25) is 15.9 Å². The van der Waals surface area contributed by atoms with Crippen LogP contribution in [-0.2, 0) is 27.8 Å². The molecular formula is C26H40N4O3S. The van der Waals surface area contributed by atoms with Crippen LogP contribution in [0.4, 0.5) is 0 Å². The van der Waals surface area contributed by atoms with Crippen molar-refractivity contribution in [2.75, 3.05) is 19.6 Å². The van der Waals surface area contributed by atoms with Gasteiger partial charge in [0, 0.05) is 45.1 Å². The molecule has 2 fully saturated rings. The normalized spacial score (nSPS) is 21.2. The summed E-state index contributed by atoms with van der Waals surface area (Å²) in [6.45, 7) is 8.39. The zero-order valence-electron chi connectivity index (χ0n) is 21.0. The van der Waals surface area contributed by atoms with E-state index in [2.05, 4.69) is 16.4 Å². The van der Waals surface area contributed by atoms with Gasteiger partial charge in [0.15, 0.2) is 0 Å². The molecule has 0 spiro atoms. The number of hydrogen-bond acceptors (Lipinski definition) is 4. The molecule has 2 aliphatic rings. The zero-order valence-corrected chi connectivity index (χ0v) is 21.8. The van der Waals surface area contributed by atoms with Crippen molar-refractivity contribution in [2.24, 2.45) is 5.92 Å². The summed E-state index contributed by atoms with van der Waals surface area (Å²) in [5.74, 6) is 1.80. The van der Waals surface area contributed by atoms with E-state index in [1.807, 2.05) is 19.9 Å². The fraction of sp³-hybridized carbons (Fsp3) is 0.692. The topological polar surface area (TPSA) is 75.5 Å². The molecular weight excluding hydrogens is 448 g/mol. The van der Waals surface area contributed by atoms with Crippen LogP contribution in [0, 0.1) is 5.92 Å². The molecule has 4 rings (SSSR count). The van der Waals surface area contributed by atoms with Crippen molar-refractivity contribution in [1.29, 1.82) is 0 Å². The lowest BCUT2D eigenvalue weighted by Crippen LogP contribution is -2.49. The van der Waals surface area contributed by atoms with Gasteiger partial charge < -0.3 is 9.47 Å². The largest absolute Gasteiger partial charge is 0.339 e. The van der Waals surface area contributed by atoms with Gasteiger partial charge in [0.25, 0.3) is 0 Å². The second kappa shape index (κ2) is 10.8. The molecule has 0 N–H and O–H groups in total. The molecule has 34 heavy (non-hydrogen) atoms.